The Morgan fingerprint density at radius 1 is 0.739 bits per heavy atom. The maximum Gasteiger partial charge on any atom is 0.151 e. The van der Waals surface area contributed by atoms with Gasteiger partial charge in [-0.3, -0.25) is 4.79 Å². The second-order valence-corrected chi connectivity index (χ2v) is 6.94. The number of carbonyl (C=O) groups is 1. The van der Waals surface area contributed by atoms with Crippen molar-refractivity contribution in [1.29, 1.82) is 0 Å². The van der Waals surface area contributed by atoms with E-state index in [1.165, 1.54) is 22.3 Å². The van der Waals surface area contributed by atoms with Crippen LogP contribution in [0, 0.1) is 25.7 Å². The molecule has 0 bridgehead atoms. The number of piperidine rings is 1. The number of nitrogens with two attached hydrogens (primary N) is 1. The van der Waals surface area contributed by atoms with Gasteiger partial charge in [-0.2, -0.15) is 0 Å². The van der Waals surface area contributed by atoms with Gasteiger partial charge in [-0.1, -0.05) is 48.5 Å². The smallest absolute Gasteiger partial charge is 0.151 e. The van der Waals surface area contributed by atoms with Crippen LogP contribution in [0.25, 0.3) is 0 Å². The average molecular weight is 308 g/mol. The van der Waals surface area contributed by atoms with Crippen LogP contribution in [0.2, 0.25) is 0 Å². The fourth-order valence-corrected chi connectivity index (χ4v) is 3.99. The van der Waals surface area contributed by atoms with Crippen LogP contribution in [0.3, 0.4) is 0 Å². The number of quaternary nitrogens is 1. The summed E-state index contributed by atoms with van der Waals surface area (Å²) in [5, 5.41) is 2.42. The first-order valence-corrected chi connectivity index (χ1v) is 8.50. The third kappa shape index (κ3) is 2.84. The molecule has 0 amide bonds. The standard InChI is InChI=1S/C21H25NO/c1-13-9-5-7-11-17(13)19-15(3)21(23)16(4)20(22-19)18-12-8-6-10-14(18)2/h5-12,15-16,19-20,22H,1-4H3/p+1/t15-,16+,19-,20-/m1/s1. The van der Waals surface area contributed by atoms with Crippen LogP contribution < -0.4 is 5.32 Å². The van der Waals surface area contributed by atoms with Crippen molar-refractivity contribution in [2.45, 2.75) is 39.8 Å². The molecule has 1 aliphatic rings. The molecule has 1 saturated heterocycles. The Morgan fingerprint density at radius 3 is 1.52 bits per heavy atom. The van der Waals surface area contributed by atoms with Crippen LogP contribution >= 0.6 is 0 Å². The highest BCUT2D eigenvalue weighted by atomic mass is 16.1. The Hall–Kier alpha value is -1.93. The summed E-state index contributed by atoms with van der Waals surface area (Å²) < 4.78 is 0. The van der Waals surface area contributed by atoms with Gasteiger partial charge in [0.25, 0.3) is 0 Å². The van der Waals surface area contributed by atoms with Crippen LogP contribution in [0.15, 0.2) is 48.5 Å². The third-order valence-electron chi connectivity index (χ3n) is 5.48. The molecule has 0 aromatic heterocycles. The number of hydrogen-bond acceptors (Lipinski definition) is 1. The van der Waals surface area contributed by atoms with Gasteiger partial charge in [0.2, 0.25) is 0 Å². The molecule has 0 radical (unpaired) electrons. The Labute approximate surface area is 138 Å². The second kappa shape index (κ2) is 6.29. The van der Waals surface area contributed by atoms with Gasteiger partial charge in [0.05, 0.1) is 11.8 Å². The van der Waals surface area contributed by atoms with Crippen molar-refractivity contribution in [3.63, 3.8) is 0 Å². The lowest BCUT2D eigenvalue weighted by molar-refractivity contribution is -0.748. The van der Waals surface area contributed by atoms with E-state index in [4.69, 9.17) is 0 Å². The molecule has 0 saturated carbocycles. The zero-order valence-electron chi connectivity index (χ0n) is 14.4. The predicted octanol–water partition coefficient (Wildman–Crippen LogP) is 3.50. The molecule has 2 heteroatoms. The van der Waals surface area contributed by atoms with Gasteiger partial charge in [0.1, 0.15) is 12.1 Å². The quantitative estimate of drug-likeness (QED) is 0.905. The molecule has 1 aliphatic heterocycles. The lowest BCUT2D eigenvalue weighted by atomic mass is 9.75. The largest absolute Gasteiger partial charge is 0.333 e. The van der Waals surface area contributed by atoms with Gasteiger partial charge in [0.15, 0.2) is 5.78 Å². The van der Waals surface area contributed by atoms with Crippen LogP contribution in [-0.2, 0) is 4.79 Å². The van der Waals surface area contributed by atoms with Crippen molar-refractivity contribution in [3.05, 3.63) is 70.8 Å². The molecule has 120 valence electrons. The molecular formula is C21H26NO+. The number of aryl methyl sites for hydroxylation is 2. The monoisotopic (exact) mass is 308 g/mol. The highest BCUT2D eigenvalue weighted by molar-refractivity contribution is 5.84. The molecule has 0 spiro atoms. The van der Waals surface area contributed by atoms with Gasteiger partial charge in [-0.15, -0.1) is 0 Å². The lowest BCUT2D eigenvalue weighted by Crippen LogP contribution is -2.91. The normalized spacial score (nSPS) is 27.9. The minimum atomic E-state index is 0.0476. The van der Waals surface area contributed by atoms with E-state index in [1.54, 1.807) is 0 Å². The molecule has 2 aromatic rings. The molecule has 4 atom stereocenters. The number of carbonyl (C=O) groups excluding carboxylic acids is 1. The molecule has 23 heavy (non-hydrogen) atoms. The fraction of sp³-hybridized carbons (Fsp3) is 0.381. The summed E-state index contributed by atoms with van der Waals surface area (Å²) >= 11 is 0. The first-order valence-electron chi connectivity index (χ1n) is 8.50. The lowest BCUT2D eigenvalue weighted by Gasteiger charge is -2.37. The first-order chi connectivity index (χ1) is 11.0. The summed E-state index contributed by atoms with van der Waals surface area (Å²) in [7, 11) is 0. The Morgan fingerprint density at radius 2 is 1.13 bits per heavy atom. The van der Waals surface area contributed by atoms with Crippen molar-refractivity contribution in [3.8, 4) is 0 Å². The van der Waals surface area contributed by atoms with Crippen molar-refractivity contribution in [2.75, 3.05) is 0 Å². The predicted molar refractivity (Wildman–Crippen MR) is 93.1 cm³/mol. The summed E-state index contributed by atoms with van der Waals surface area (Å²) in [6.45, 7) is 8.45. The fourth-order valence-electron chi connectivity index (χ4n) is 3.99. The second-order valence-electron chi connectivity index (χ2n) is 6.94. The van der Waals surface area contributed by atoms with E-state index in [2.05, 4.69) is 81.5 Å². The van der Waals surface area contributed by atoms with Gasteiger partial charge < -0.3 is 5.32 Å². The molecular weight excluding hydrogens is 282 g/mol. The molecule has 1 fully saturated rings. The molecule has 2 N–H and O–H groups in total. The molecule has 2 nitrogen and oxygen atoms in total. The highest BCUT2D eigenvalue weighted by Crippen LogP contribution is 2.34. The van der Waals surface area contributed by atoms with E-state index in [0.29, 0.717) is 5.78 Å². The molecule has 2 aromatic carbocycles. The highest BCUT2D eigenvalue weighted by Gasteiger charge is 2.44. The number of hydrogen-bond donors (Lipinski definition) is 1. The zero-order valence-corrected chi connectivity index (χ0v) is 14.4. The minimum Gasteiger partial charge on any atom is -0.333 e. The minimum absolute atomic E-state index is 0.0476. The van der Waals surface area contributed by atoms with Crippen LogP contribution in [0.5, 0.6) is 0 Å². The van der Waals surface area contributed by atoms with Crippen LogP contribution in [-0.4, -0.2) is 5.78 Å². The number of benzene rings is 2. The van der Waals surface area contributed by atoms with Crippen molar-refractivity contribution >= 4 is 5.78 Å². The Bertz CT molecular complexity index is 662. The summed E-state index contributed by atoms with van der Waals surface area (Å²) in [5.41, 5.74) is 5.12. The third-order valence-corrected chi connectivity index (χ3v) is 5.48. The zero-order chi connectivity index (χ0) is 16.6. The summed E-state index contributed by atoms with van der Waals surface area (Å²) in [4.78, 5) is 12.9. The van der Waals surface area contributed by atoms with E-state index < -0.39 is 0 Å². The first kappa shape index (κ1) is 15.9. The molecule has 0 unspecified atom stereocenters. The SMILES string of the molecule is Cc1ccccc1[C@@H]1[NH2+][C@@H](c2ccccc2C)[C@@H](C)C(=O)[C@H]1C. The summed E-state index contributed by atoms with van der Waals surface area (Å²) in [6.07, 6.45) is 0. The van der Waals surface area contributed by atoms with Crippen molar-refractivity contribution < 1.29 is 10.1 Å². The Kier molecular flexibility index (Phi) is 4.36. The maximum absolute atomic E-state index is 12.9. The van der Waals surface area contributed by atoms with Crippen molar-refractivity contribution in [1.82, 2.24) is 0 Å². The Balaban J connectivity index is 2.02. The summed E-state index contributed by atoms with van der Waals surface area (Å²) in [6, 6.07) is 17.3. The van der Waals surface area contributed by atoms with E-state index in [-0.39, 0.29) is 23.9 Å². The molecule has 3 rings (SSSR count). The van der Waals surface area contributed by atoms with Gasteiger partial charge in [0, 0.05) is 11.1 Å². The molecule has 1 heterocycles. The van der Waals surface area contributed by atoms with E-state index >= 15 is 0 Å². The van der Waals surface area contributed by atoms with Crippen molar-refractivity contribution in [2.24, 2.45) is 11.8 Å². The van der Waals surface area contributed by atoms with Crippen LogP contribution in [0.4, 0.5) is 0 Å². The summed E-state index contributed by atoms with van der Waals surface area (Å²) in [5.74, 6) is 0.478. The average Bonchev–Trinajstić information content (AvgIpc) is 2.55. The number of rotatable bonds is 2. The van der Waals surface area contributed by atoms with E-state index in [9.17, 15) is 4.79 Å². The number of Topliss-reactive ketones (excluding diaryl/α,β-unsaturated/α-hetero) is 1. The number of ketones is 1. The van der Waals surface area contributed by atoms with E-state index in [0.717, 1.165) is 0 Å². The molecule has 0 aliphatic carbocycles. The maximum atomic E-state index is 12.9. The van der Waals surface area contributed by atoms with Gasteiger partial charge in [-0.05, 0) is 38.8 Å². The van der Waals surface area contributed by atoms with Crippen LogP contribution in [0.1, 0.15) is 48.2 Å². The van der Waals surface area contributed by atoms with E-state index in [1.807, 2.05) is 0 Å². The van der Waals surface area contributed by atoms with Gasteiger partial charge in [-0.25, -0.2) is 0 Å². The topological polar surface area (TPSA) is 33.7 Å². The van der Waals surface area contributed by atoms with Gasteiger partial charge >= 0.3 is 0 Å².